The van der Waals surface area contributed by atoms with Crippen LogP contribution in [0.15, 0.2) is 42.6 Å². The second-order valence-corrected chi connectivity index (χ2v) is 7.02. The van der Waals surface area contributed by atoms with Gasteiger partial charge < -0.3 is 9.67 Å². The monoisotopic (exact) mass is 348 g/mol. The molecule has 26 heavy (non-hydrogen) atoms. The van der Waals surface area contributed by atoms with Crippen LogP contribution in [-0.4, -0.2) is 24.9 Å². The van der Waals surface area contributed by atoms with Gasteiger partial charge >= 0.3 is 0 Å². The van der Waals surface area contributed by atoms with Crippen molar-refractivity contribution in [1.82, 2.24) is 19.7 Å². The molecule has 3 aromatic rings. The summed E-state index contributed by atoms with van der Waals surface area (Å²) in [5, 5.41) is 18.2. The molecule has 0 spiro atoms. The van der Waals surface area contributed by atoms with Gasteiger partial charge in [0.15, 0.2) is 5.82 Å². The largest absolute Gasteiger partial charge is 0.392 e. The van der Waals surface area contributed by atoms with Gasteiger partial charge in [0.25, 0.3) is 0 Å². The molecule has 134 valence electrons. The normalized spacial score (nSPS) is 15.3. The lowest BCUT2D eigenvalue weighted by Gasteiger charge is -2.25. The summed E-state index contributed by atoms with van der Waals surface area (Å²) in [4.78, 5) is 4.57. The van der Waals surface area contributed by atoms with Gasteiger partial charge in [0.05, 0.1) is 6.61 Å². The van der Waals surface area contributed by atoms with Gasteiger partial charge in [0.2, 0.25) is 0 Å². The maximum Gasteiger partial charge on any atom is 0.182 e. The predicted molar refractivity (Wildman–Crippen MR) is 101 cm³/mol. The Hall–Kier alpha value is -2.53. The van der Waals surface area contributed by atoms with E-state index in [1.54, 1.807) is 0 Å². The molecule has 4 rings (SSSR count). The van der Waals surface area contributed by atoms with Crippen LogP contribution in [0.1, 0.15) is 49.5 Å². The molecule has 2 heterocycles. The number of aromatic nitrogens is 4. The lowest BCUT2D eigenvalue weighted by molar-refractivity contribution is 0.282. The maximum atomic E-state index is 9.39. The van der Waals surface area contributed by atoms with Gasteiger partial charge in [0, 0.05) is 12.2 Å². The Balaban J connectivity index is 1.73. The predicted octanol–water partition coefficient (Wildman–Crippen LogP) is 4.31. The summed E-state index contributed by atoms with van der Waals surface area (Å²) >= 11 is 0. The van der Waals surface area contributed by atoms with Crippen molar-refractivity contribution in [1.29, 1.82) is 0 Å². The van der Waals surface area contributed by atoms with E-state index in [1.165, 1.54) is 32.1 Å². The molecule has 1 aliphatic rings. The fourth-order valence-electron chi connectivity index (χ4n) is 3.90. The summed E-state index contributed by atoms with van der Waals surface area (Å²) in [7, 11) is 0. The Morgan fingerprint density at radius 3 is 2.65 bits per heavy atom. The van der Waals surface area contributed by atoms with Crippen molar-refractivity contribution in [3.63, 3.8) is 0 Å². The number of nitrogens with zero attached hydrogens (tertiary/aromatic N) is 4. The highest BCUT2D eigenvalue weighted by molar-refractivity contribution is 5.68. The minimum Gasteiger partial charge on any atom is -0.392 e. The first-order valence-corrected chi connectivity index (χ1v) is 9.34. The van der Waals surface area contributed by atoms with Crippen LogP contribution in [0.2, 0.25) is 0 Å². The first-order chi connectivity index (χ1) is 12.8. The molecule has 0 aliphatic heterocycles. The van der Waals surface area contributed by atoms with Crippen LogP contribution in [0.25, 0.3) is 22.6 Å². The van der Waals surface area contributed by atoms with Crippen molar-refractivity contribution in [2.45, 2.75) is 51.7 Å². The van der Waals surface area contributed by atoms with E-state index in [-0.39, 0.29) is 6.61 Å². The van der Waals surface area contributed by atoms with E-state index >= 15 is 0 Å². The minimum absolute atomic E-state index is 0.0426. The Kier molecular flexibility index (Phi) is 4.80. The number of rotatable bonds is 4. The van der Waals surface area contributed by atoms with Crippen LogP contribution >= 0.6 is 0 Å². The molecule has 1 aliphatic carbocycles. The second kappa shape index (κ2) is 7.38. The van der Waals surface area contributed by atoms with Crippen molar-refractivity contribution < 1.29 is 5.11 Å². The molecule has 5 nitrogen and oxygen atoms in total. The zero-order valence-electron chi connectivity index (χ0n) is 15.1. The number of hydrogen-bond donors (Lipinski definition) is 1. The molecule has 0 saturated heterocycles. The van der Waals surface area contributed by atoms with Crippen LogP contribution in [0, 0.1) is 6.92 Å². The van der Waals surface area contributed by atoms with Crippen molar-refractivity contribution in [3.8, 4) is 22.6 Å². The highest BCUT2D eigenvalue weighted by Gasteiger charge is 2.22. The summed E-state index contributed by atoms with van der Waals surface area (Å²) < 4.78 is 2.27. The Morgan fingerprint density at radius 1 is 1.04 bits per heavy atom. The molecule has 1 fully saturated rings. The summed E-state index contributed by atoms with van der Waals surface area (Å²) in [5.74, 6) is 1.82. The average molecular weight is 348 g/mol. The molecular weight excluding hydrogens is 324 g/mol. The number of aryl methyl sites for hydroxylation is 1. The van der Waals surface area contributed by atoms with Crippen molar-refractivity contribution in [3.05, 3.63) is 54.0 Å². The third-order valence-electron chi connectivity index (χ3n) is 5.24. The van der Waals surface area contributed by atoms with Gasteiger partial charge in [0.1, 0.15) is 11.5 Å². The zero-order chi connectivity index (χ0) is 17.9. The standard InChI is InChI=1S/C21H24N4O/c1-15-23-24-21(25(15)19-8-3-2-4-9-19)20-13-18(10-11-22-20)17-7-5-6-16(12-17)14-26/h5-7,10-13,19,26H,2-4,8-9,14H2,1H3. The van der Waals surface area contributed by atoms with Gasteiger partial charge in [-0.25, -0.2) is 0 Å². The first-order valence-electron chi connectivity index (χ1n) is 9.34. The van der Waals surface area contributed by atoms with E-state index in [2.05, 4.69) is 31.9 Å². The van der Waals surface area contributed by atoms with E-state index in [0.29, 0.717) is 6.04 Å². The van der Waals surface area contributed by atoms with E-state index < -0.39 is 0 Å². The smallest absolute Gasteiger partial charge is 0.182 e. The average Bonchev–Trinajstić information content (AvgIpc) is 3.10. The number of hydrogen-bond acceptors (Lipinski definition) is 4. The second-order valence-electron chi connectivity index (χ2n) is 7.02. The van der Waals surface area contributed by atoms with Gasteiger partial charge in [-0.05, 0) is 54.7 Å². The van der Waals surface area contributed by atoms with E-state index in [9.17, 15) is 5.11 Å². The lowest BCUT2D eigenvalue weighted by atomic mass is 9.95. The number of aliphatic hydroxyl groups excluding tert-OH is 1. The fourth-order valence-corrected chi connectivity index (χ4v) is 3.90. The van der Waals surface area contributed by atoms with Crippen molar-refractivity contribution in [2.75, 3.05) is 0 Å². The molecule has 1 saturated carbocycles. The first kappa shape index (κ1) is 16.9. The van der Waals surface area contributed by atoms with Crippen LogP contribution in [0.3, 0.4) is 0 Å². The van der Waals surface area contributed by atoms with E-state index in [4.69, 9.17) is 0 Å². The molecule has 0 radical (unpaired) electrons. The Bertz CT molecular complexity index is 897. The van der Waals surface area contributed by atoms with Crippen LogP contribution in [-0.2, 0) is 6.61 Å². The number of pyridine rings is 1. The topological polar surface area (TPSA) is 63.8 Å². The third-order valence-corrected chi connectivity index (χ3v) is 5.24. The Labute approximate surface area is 153 Å². The third kappa shape index (κ3) is 3.27. The zero-order valence-corrected chi connectivity index (χ0v) is 15.1. The summed E-state index contributed by atoms with van der Waals surface area (Å²) in [6.45, 7) is 2.07. The summed E-state index contributed by atoms with van der Waals surface area (Å²) in [6, 6.07) is 12.5. The highest BCUT2D eigenvalue weighted by Crippen LogP contribution is 2.33. The molecule has 1 aromatic carbocycles. The SMILES string of the molecule is Cc1nnc(-c2cc(-c3cccc(CO)c3)ccn2)n1C1CCCCC1. The molecule has 0 bridgehead atoms. The van der Waals surface area contributed by atoms with E-state index in [0.717, 1.165) is 34.0 Å². The van der Waals surface area contributed by atoms with Gasteiger partial charge in [-0.15, -0.1) is 10.2 Å². The molecular formula is C21H24N4O. The number of benzene rings is 1. The van der Waals surface area contributed by atoms with Crippen LogP contribution < -0.4 is 0 Å². The fraction of sp³-hybridized carbons (Fsp3) is 0.381. The quantitative estimate of drug-likeness (QED) is 0.763. The van der Waals surface area contributed by atoms with Gasteiger partial charge in [-0.3, -0.25) is 4.98 Å². The van der Waals surface area contributed by atoms with Crippen molar-refractivity contribution in [2.24, 2.45) is 0 Å². The summed E-state index contributed by atoms with van der Waals surface area (Å²) in [5.41, 5.74) is 3.90. The molecule has 2 aromatic heterocycles. The Morgan fingerprint density at radius 2 is 1.85 bits per heavy atom. The van der Waals surface area contributed by atoms with Gasteiger partial charge in [-0.2, -0.15) is 0 Å². The minimum atomic E-state index is 0.0426. The molecule has 5 heteroatoms. The van der Waals surface area contributed by atoms with Crippen LogP contribution in [0.5, 0.6) is 0 Å². The molecule has 0 amide bonds. The lowest BCUT2D eigenvalue weighted by Crippen LogP contribution is -2.15. The van der Waals surface area contributed by atoms with Crippen LogP contribution in [0.4, 0.5) is 0 Å². The molecule has 1 N–H and O–H groups in total. The maximum absolute atomic E-state index is 9.39. The molecule has 0 atom stereocenters. The van der Waals surface area contributed by atoms with Gasteiger partial charge in [-0.1, -0.05) is 37.5 Å². The molecule has 0 unspecified atom stereocenters. The summed E-state index contributed by atoms with van der Waals surface area (Å²) in [6.07, 6.45) is 8.05. The number of aliphatic hydroxyl groups is 1. The highest BCUT2D eigenvalue weighted by atomic mass is 16.3. The van der Waals surface area contributed by atoms with E-state index in [1.807, 2.05) is 37.4 Å². The van der Waals surface area contributed by atoms with Crippen molar-refractivity contribution >= 4 is 0 Å².